The molecule has 2 rings (SSSR count). The zero-order valence-electron chi connectivity index (χ0n) is 13.4. The van der Waals surface area contributed by atoms with Crippen LogP contribution in [0.2, 0.25) is 0 Å². The normalized spacial score (nSPS) is 21.5. The van der Waals surface area contributed by atoms with Crippen LogP contribution < -0.4 is 15.4 Å². The Hall–Kier alpha value is -2.00. The standard InChI is InChI=1S/C15H20F3N3O3/c1-3-23-13-9-21(2)8-11(13)20-14(22)19-10-6-4-5-7-12(10)24-15(16,17)18/h4-7,11,13H,3,8-9H2,1-2H3,(H2,19,20,22)/t11-,13-/m1/s1. The van der Waals surface area contributed by atoms with Gasteiger partial charge >= 0.3 is 12.4 Å². The van der Waals surface area contributed by atoms with E-state index in [1.54, 1.807) is 0 Å². The number of alkyl halides is 3. The van der Waals surface area contributed by atoms with E-state index in [4.69, 9.17) is 4.74 Å². The Balaban J connectivity index is 2.00. The minimum Gasteiger partial charge on any atom is -0.404 e. The highest BCUT2D eigenvalue weighted by Crippen LogP contribution is 2.29. The van der Waals surface area contributed by atoms with Crippen molar-refractivity contribution in [2.75, 3.05) is 32.1 Å². The van der Waals surface area contributed by atoms with Crippen LogP contribution in [0.3, 0.4) is 0 Å². The third kappa shape index (κ3) is 5.27. The average Bonchev–Trinajstić information content (AvgIpc) is 2.79. The van der Waals surface area contributed by atoms with E-state index in [-0.39, 0.29) is 17.8 Å². The highest BCUT2D eigenvalue weighted by Gasteiger charge is 2.34. The SMILES string of the molecule is CCO[C@@H]1CN(C)C[C@H]1NC(=O)Nc1ccccc1OC(F)(F)F. The highest BCUT2D eigenvalue weighted by atomic mass is 19.4. The van der Waals surface area contributed by atoms with Crippen molar-refractivity contribution in [2.24, 2.45) is 0 Å². The number of carbonyl (C=O) groups excluding carboxylic acids is 1. The molecule has 1 saturated heterocycles. The summed E-state index contributed by atoms with van der Waals surface area (Å²) in [6, 6.07) is 4.51. The van der Waals surface area contributed by atoms with Crippen LogP contribution in [0.5, 0.6) is 5.75 Å². The molecule has 0 spiro atoms. The molecule has 24 heavy (non-hydrogen) atoms. The zero-order chi connectivity index (χ0) is 17.7. The predicted octanol–water partition coefficient (Wildman–Crippen LogP) is 2.43. The number of hydrogen-bond donors (Lipinski definition) is 2. The van der Waals surface area contributed by atoms with E-state index in [0.717, 1.165) is 6.07 Å². The van der Waals surface area contributed by atoms with Crippen LogP contribution in [0.1, 0.15) is 6.92 Å². The number of carbonyl (C=O) groups is 1. The number of ether oxygens (including phenoxy) is 2. The van der Waals surface area contributed by atoms with E-state index < -0.39 is 18.1 Å². The number of likely N-dealkylation sites (tertiary alicyclic amines) is 1. The number of hydrogen-bond acceptors (Lipinski definition) is 4. The van der Waals surface area contributed by atoms with Gasteiger partial charge in [0.1, 0.15) is 0 Å². The molecule has 1 aliphatic rings. The van der Waals surface area contributed by atoms with E-state index >= 15 is 0 Å². The number of amides is 2. The number of benzene rings is 1. The largest absolute Gasteiger partial charge is 0.573 e. The third-order valence-electron chi connectivity index (χ3n) is 3.51. The molecule has 134 valence electrons. The van der Waals surface area contributed by atoms with Crippen LogP contribution in [0.25, 0.3) is 0 Å². The molecule has 1 aromatic rings. The second kappa shape index (κ2) is 7.71. The lowest BCUT2D eigenvalue weighted by Crippen LogP contribution is -2.45. The van der Waals surface area contributed by atoms with Crippen LogP contribution in [0, 0.1) is 0 Å². The number of urea groups is 1. The first-order valence-electron chi connectivity index (χ1n) is 7.51. The molecule has 1 fully saturated rings. The molecule has 1 aromatic carbocycles. The molecule has 2 N–H and O–H groups in total. The summed E-state index contributed by atoms with van der Waals surface area (Å²) in [5, 5.41) is 5.12. The summed E-state index contributed by atoms with van der Waals surface area (Å²) in [4.78, 5) is 14.1. The number of anilines is 1. The fraction of sp³-hybridized carbons (Fsp3) is 0.533. The van der Waals surface area contributed by atoms with E-state index in [2.05, 4.69) is 15.4 Å². The molecule has 1 heterocycles. The van der Waals surface area contributed by atoms with Gasteiger partial charge in [-0.05, 0) is 26.1 Å². The molecule has 9 heteroatoms. The number of likely N-dealkylation sites (N-methyl/N-ethyl adjacent to an activating group) is 1. The van der Waals surface area contributed by atoms with Crippen molar-refractivity contribution < 1.29 is 27.4 Å². The summed E-state index contributed by atoms with van der Waals surface area (Å²) < 4.78 is 46.7. The Morgan fingerprint density at radius 3 is 2.71 bits per heavy atom. The summed E-state index contributed by atoms with van der Waals surface area (Å²) in [5.41, 5.74) is -0.0633. The molecule has 6 nitrogen and oxygen atoms in total. The van der Waals surface area contributed by atoms with Crippen molar-refractivity contribution >= 4 is 11.7 Å². The molecule has 0 saturated carbocycles. The van der Waals surface area contributed by atoms with E-state index in [1.165, 1.54) is 18.2 Å². The molecule has 0 radical (unpaired) electrons. The van der Waals surface area contributed by atoms with Gasteiger partial charge in [-0.3, -0.25) is 0 Å². The lowest BCUT2D eigenvalue weighted by Gasteiger charge is -2.20. The Kier molecular flexibility index (Phi) is 5.89. The Morgan fingerprint density at radius 1 is 1.33 bits per heavy atom. The maximum Gasteiger partial charge on any atom is 0.573 e. The van der Waals surface area contributed by atoms with Crippen LogP contribution in [-0.4, -0.2) is 56.2 Å². The fourth-order valence-corrected chi connectivity index (χ4v) is 2.59. The van der Waals surface area contributed by atoms with Gasteiger partial charge in [-0.25, -0.2) is 4.79 Å². The average molecular weight is 347 g/mol. The first-order valence-corrected chi connectivity index (χ1v) is 7.51. The van der Waals surface area contributed by atoms with Gasteiger partial charge in [0.2, 0.25) is 0 Å². The first kappa shape index (κ1) is 18.3. The second-order valence-electron chi connectivity index (χ2n) is 5.46. The van der Waals surface area contributed by atoms with Crippen molar-refractivity contribution in [3.05, 3.63) is 24.3 Å². The number of halogens is 3. The summed E-state index contributed by atoms with van der Waals surface area (Å²) in [6.45, 7) is 3.64. The number of para-hydroxylation sites is 2. The molecule has 0 aliphatic carbocycles. The Bertz CT molecular complexity index is 568. The molecule has 2 atom stereocenters. The molecular formula is C15H20F3N3O3. The second-order valence-corrected chi connectivity index (χ2v) is 5.46. The van der Waals surface area contributed by atoms with Gasteiger partial charge in [-0.2, -0.15) is 0 Å². The smallest absolute Gasteiger partial charge is 0.404 e. The predicted molar refractivity (Wildman–Crippen MR) is 82.0 cm³/mol. The maximum absolute atomic E-state index is 12.4. The van der Waals surface area contributed by atoms with Crippen molar-refractivity contribution in [3.8, 4) is 5.75 Å². The van der Waals surface area contributed by atoms with Crippen LogP contribution in [0.4, 0.5) is 23.7 Å². The van der Waals surface area contributed by atoms with Gasteiger partial charge in [0.25, 0.3) is 0 Å². The highest BCUT2D eigenvalue weighted by molar-refractivity contribution is 5.91. The van der Waals surface area contributed by atoms with E-state index in [0.29, 0.717) is 19.7 Å². The molecule has 0 aromatic heterocycles. The summed E-state index contributed by atoms with van der Waals surface area (Å²) >= 11 is 0. The Morgan fingerprint density at radius 2 is 2.04 bits per heavy atom. The molecular weight excluding hydrogens is 327 g/mol. The maximum atomic E-state index is 12.4. The lowest BCUT2D eigenvalue weighted by molar-refractivity contribution is -0.274. The molecule has 2 amide bonds. The third-order valence-corrected chi connectivity index (χ3v) is 3.51. The van der Waals surface area contributed by atoms with Crippen LogP contribution in [-0.2, 0) is 4.74 Å². The van der Waals surface area contributed by atoms with Crippen molar-refractivity contribution in [2.45, 2.75) is 25.4 Å². The van der Waals surface area contributed by atoms with Crippen molar-refractivity contribution in [3.63, 3.8) is 0 Å². The number of rotatable bonds is 5. The van der Waals surface area contributed by atoms with Gasteiger partial charge in [0.05, 0.1) is 17.8 Å². The van der Waals surface area contributed by atoms with Crippen LogP contribution in [0.15, 0.2) is 24.3 Å². The van der Waals surface area contributed by atoms with Gasteiger partial charge in [0, 0.05) is 19.7 Å². The lowest BCUT2D eigenvalue weighted by atomic mass is 10.2. The topological polar surface area (TPSA) is 62.8 Å². The van der Waals surface area contributed by atoms with Crippen LogP contribution >= 0.6 is 0 Å². The molecule has 0 unspecified atom stereocenters. The number of nitrogens with one attached hydrogen (secondary N) is 2. The van der Waals surface area contributed by atoms with Gasteiger partial charge in [-0.15, -0.1) is 13.2 Å². The Labute approximate surface area is 137 Å². The molecule has 0 bridgehead atoms. The van der Waals surface area contributed by atoms with Gasteiger partial charge < -0.3 is 25.0 Å². The minimum atomic E-state index is -4.83. The van der Waals surface area contributed by atoms with Crippen molar-refractivity contribution in [1.29, 1.82) is 0 Å². The molecule has 1 aliphatic heterocycles. The quantitative estimate of drug-likeness (QED) is 0.859. The fourth-order valence-electron chi connectivity index (χ4n) is 2.59. The monoisotopic (exact) mass is 347 g/mol. The van der Waals surface area contributed by atoms with Gasteiger partial charge in [0.15, 0.2) is 5.75 Å². The minimum absolute atomic E-state index is 0.0633. The summed E-state index contributed by atoms with van der Waals surface area (Å²) in [7, 11) is 1.90. The van der Waals surface area contributed by atoms with E-state index in [9.17, 15) is 18.0 Å². The number of nitrogens with zero attached hydrogens (tertiary/aromatic N) is 1. The summed E-state index contributed by atoms with van der Waals surface area (Å²) in [5.74, 6) is -0.468. The zero-order valence-corrected chi connectivity index (χ0v) is 13.4. The van der Waals surface area contributed by atoms with Crippen molar-refractivity contribution in [1.82, 2.24) is 10.2 Å². The summed E-state index contributed by atoms with van der Waals surface area (Å²) in [6.07, 6.45) is -4.99. The van der Waals surface area contributed by atoms with Gasteiger partial charge in [-0.1, -0.05) is 12.1 Å². The van der Waals surface area contributed by atoms with E-state index in [1.807, 2.05) is 18.9 Å². The first-order chi connectivity index (χ1) is 11.3.